The van der Waals surface area contributed by atoms with Crippen molar-refractivity contribution in [3.8, 4) is 0 Å². The number of nitro groups is 1. The molecule has 0 aliphatic heterocycles. The largest absolute Gasteiger partial charge is 0.270 e. The van der Waals surface area contributed by atoms with Crippen molar-refractivity contribution in [1.29, 1.82) is 0 Å². The highest BCUT2D eigenvalue weighted by atomic mass is 35.5. The van der Waals surface area contributed by atoms with Gasteiger partial charge in [-0.3, -0.25) is 14.8 Å². The Morgan fingerprint density at radius 1 is 1.50 bits per heavy atom. The van der Waals surface area contributed by atoms with Gasteiger partial charge >= 0.3 is 0 Å². The van der Waals surface area contributed by atoms with E-state index in [1.807, 2.05) is 0 Å². The second kappa shape index (κ2) is 4.32. The number of halogens is 1. The van der Waals surface area contributed by atoms with Crippen molar-refractivity contribution < 1.29 is 4.92 Å². The Labute approximate surface area is 96.4 Å². The van der Waals surface area contributed by atoms with Crippen LogP contribution in [0.25, 0.3) is 0 Å². The average Bonchev–Trinajstić information content (AvgIpc) is 2.73. The molecule has 2 aromatic rings. The molecule has 0 aliphatic rings. The van der Waals surface area contributed by atoms with Crippen molar-refractivity contribution in [2.45, 2.75) is 6.54 Å². The third kappa shape index (κ3) is 2.20. The van der Waals surface area contributed by atoms with E-state index in [-0.39, 0.29) is 5.69 Å². The second-order valence-electron chi connectivity index (χ2n) is 3.24. The molecule has 0 unspecified atom stereocenters. The molecule has 0 amide bonds. The van der Waals surface area contributed by atoms with Gasteiger partial charge in [0.1, 0.15) is 0 Å². The van der Waals surface area contributed by atoms with Crippen molar-refractivity contribution >= 4 is 17.3 Å². The molecule has 0 N–H and O–H groups in total. The van der Waals surface area contributed by atoms with E-state index < -0.39 is 4.92 Å². The predicted molar refractivity (Wildman–Crippen MR) is 59.4 cm³/mol. The van der Waals surface area contributed by atoms with Crippen LogP contribution in [0.5, 0.6) is 0 Å². The maximum atomic E-state index is 10.5. The van der Waals surface area contributed by atoms with Gasteiger partial charge in [-0.2, -0.15) is 5.10 Å². The van der Waals surface area contributed by atoms with Crippen molar-refractivity contribution in [2.75, 3.05) is 0 Å². The van der Waals surface area contributed by atoms with Gasteiger partial charge in [-0.25, -0.2) is 0 Å². The summed E-state index contributed by atoms with van der Waals surface area (Å²) in [5.41, 5.74) is 0.796. The van der Waals surface area contributed by atoms with Crippen LogP contribution in [-0.2, 0) is 6.54 Å². The Morgan fingerprint density at radius 2 is 2.31 bits per heavy atom. The van der Waals surface area contributed by atoms with Crippen LogP contribution >= 0.6 is 11.6 Å². The molecule has 1 aromatic carbocycles. The lowest BCUT2D eigenvalue weighted by Crippen LogP contribution is -2.00. The normalized spacial score (nSPS) is 10.3. The van der Waals surface area contributed by atoms with Crippen molar-refractivity contribution in [2.24, 2.45) is 0 Å². The monoisotopic (exact) mass is 237 g/mol. The highest BCUT2D eigenvalue weighted by molar-refractivity contribution is 6.31. The summed E-state index contributed by atoms with van der Waals surface area (Å²) in [6.07, 6.45) is 3.47. The molecule has 0 spiro atoms. The maximum Gasteiger partial charge on any atom is 0.270 e. The molecule has 0 saturated carbocycles. The molecule has 1 aromatic heterocycles. The number of non-ortho nitro benzene ring substituents is 1. The van der Waals surface area contributed by atoms with E-state index in [4.69, 9.17) is 11.6 Å². The molecular formula is C10H8ClN3O2. The quantitative estimate of drug-likeness (QED) is 0.609. The minimum Gasteiger partial charge on any atom is -0.268 e. The molecular weight excluding hydrogens is 230 g/mol. The fraction of sp³-hybridized carbons (Fsp3) is 0.100. The van der Waals surface area contributed by atoms with Gasteiger partial charge in [0, 0.05) is 24.5 Å². The van der Waals surface area contributed by atoms with E-state index in [2.05, 4.69) is 5.10 Å². The lowest BCUT2D eigenvalue weighted by atomic mass is 10.2. The van der Waals surface area contributed by atoms with Crippen molar-refractivity contribution in [1.82, 2.24) is 9.78 Å². The van der Waals surface area contributed by atoms with E-state index in [9.17, 15) is 10.1 Å². The summed E-state index contributed by atoms with van der Waals surface area (Å²) in [6, 6.07) is 6.23. The smallest absolute Gasteiger partial charge is 0.268 e. The first-order chi connectivity index (χ1) is 7.66. The van der Waals surface area contributed by atoms with Gasteiger partial charge < -0.3 is 0 Å². The van der Waals surface area contributed by atoms with Gasteiger partial charge in [0.25, 0.3) is 5.69 Å². The van der Waals surface area contributed by atoms with Gasteiger partial charge in [0.2, 0.25) is 0 Å². The minimum atomic E-state index is -0.469. The van der Waals surface area contributed by atoms with Gasteiger partial charge in [0.05, 0.1) is 16.5 Å². The lowest BCUT2D eigenvalue weighted by Gasteiger charge is -2.04. The van der Waals surface area contributed by atoms with E-state index in [0.717, 1.165) is 5.56 Å². The zero-order chi connectivity index (χ0) is 11.5. The lowest BCUT2D eigenvalue weighted by molar-refractivity contribution is -0.384. The third-order valence-corrected chi connectivity index (χ3v) is 2.49. The number of nitrogens with zero attached hydrogens (tertiary/aromatic N) is 3. The molecule has 6 heteroatoms. The van der Waals surface area contributed by atoms with Crippen LogP contribution in [0.3, 0.4) is 0 Å². The zero-order valence-corrected chi connectivity index (χ0v) is 8.96. The van der Waals surface area contributed by atoms with Gasteiger partial charge in [-0.05, 0) is 17.7 Å². The van der Waals surface area contributed by atoms with Crippen LogP contribution in [0.15, 0.2) is 36.7 Å². The number of hydrogen-bond donors (Lipinski definition) is 0. The third-order valence-electron chi connectivity index (χ3n) is 2.14. The topological polar surface area (TPSA) is 61.0 Å². The van der Waals surface area contributed by atoms with Crippen molar-refractivity contribution in [3.63, 3.8) is 0 Å². The molecule has 16 heavy (non-hydrogen) atoms. The summed E-state index contributed by atoms with van der Waals surface area (Å²) >= 11 is 5.94. The zero-order valence-electron chi connectivity index (χ0n) is 8.21. The average molecular weight is 238 g/mol. The summed E-state index contributed by atoms with van der Waals surface area (Å²) in [4.78, 5) is 10.0. The first-order valence-corrected chi connectivity index (χ1v) is 4.95. The molecule has 82 valence electrons. The molecule has 0 fully saturated rings. The highest BCUT2D eigenvalue weighted by Gasteiger charge is 2.09. The summed E-state index contributed by atoms with van der Waals surface area (Å²) in [5.74, 6) is 0. The molecule has 1 heterocycles. The maximum absolute atomic E-state index is 10.5. The Balaban J connectivity index is 2.26. The number of aromatic nitrogens is 2. The summed E-state index contributed by atoms with van der Waals surface area (Å²) in [5, 5.41) is 14.9. The van der Waals surface area contributed by atoms with Crippen LogP contribution in [0.1, 0.15) is 5.56 Å². The van der Waals surface area contributed by atoms with E-state index in [0.29, 0.717) is 11.6 Å². The Morgan fingerprint density at radius 3 is 2.88 bits per heavy atom. The van der Waals surface area contributed by atoms with Crippen LogP contribution in [0.2, 0.25) is 5.02 Å². The fourth-order valence-corrected chi connectivity index (χ4v) is 1.58. The van der Waals surface area contributed by atoms with Crippen LogP contribution in [0.4, 0.5) is 5.69 Å². The molecule has 0 bridgehead atoms. The first-order valence-electron chi connectivity index (χ1n) is 4.57. The molecule has 0 radical (unpaired) electrons. The number of benzene rings is 1. The Bertz CT molecular complexity index is 511. The van der Waals surface area contributed by atoms with Gasteiger partial charge in [-0.1, -0.05) is 11.6 Å². The van der Waals surface area contributed by atoms with Crippen LogP contribution in [-0.4, -0.2) is 14.7 Å². The Kier molecular flexibility index (Phi) is 2.87. The summed E-state index contributed by atoms with van der Waals surface area (Å²) < 4.78 is 1.70. The van der Waals surface area contributed by atoms with Crippen molar-refractivity contribution in [3.05, 3.63) is 57.4 Å². The van der Waals surface area contributed by atoms with E-state index >= 15 is 0 Å². The molecule has 0 saturated heterocycles. The molecule has 5 nitrogen and oxygen atoms in total. The predicted octanol–water partition coefficient (Wildman–Crippen LogP) is 2.49. The number of hydrogen-bond acceptors (Lipinski definition) is 3. The molecule has 2 rings (SSSR count). The van der Waals surface area contributed by atoms with E-state index in [1.165, 1.54) is 12.1 Å². The number of rotatable bonds is 3. The standard InChI is InChI=1S/C10H8ClN3O2/c11-10-6-9(14(15)16)3-2-8(10)7-13-5-1-4-12-13/h1-6H,7H2. The second-order valence-corrected chi connectivity index (χ2v) is 3.64. The molecule has 0 aliphatic carbocycles. The summed E-state index contributed by atoms with van der Waals surface area (Å²) in [7, 11) is 0. The van der Waals surface area contributed by atoms with Gasteiger partial charge in [-0.15, -0.1) is 0 Å². The minimum absolute atomic E-state index is 0.00536. The first kappa shape index (κ1) is 10.6. The Hall–Kier alpha value is -1.88. The number of nitro benzene ring substituents is 1. The fourth-order valence-electron chi connectivity index (χ4n) is 1.35. The SMILES string of the molecule is O=[N+]([O-])c1ccc(Cn2cccn2)c(Cl)c1. The van der Waals surface area contributed by atoms with E-state index in [1.54, 1.807) is 29.2 Å². The van der Waals surface area contributed by atoms with Gasteiger partial charge in [0.15, 0.2) is 0 Å². The summed E-state index contributed by atoms with van der Waals surface area (Å²) in [6.45, 7) is 0.504. The molecule has 0 atom stereocenters. The van der Waals surface area contributed by atoms with Crippen LogP contribution in [0, 0.1) is 10.1 Å². The highest BCUT2D eigenvalue weighted by Crippen LogP contribution is 2.22. The van der Waals surface area contributed by atoms with Crippen LogP contribution < -0.4 is 0 Å².